The molecule has 2 aliphatic heterocycles. The predicted molar refractivity (Wildman–Crippen MR) is 102 cm³/mol. The maximum Gasteiger partial charge on any atom is 0.244 e. The maximum absolute atomic E-state index is 12.6. The van der Waals surface area contributed by atoms with E-state index in [0.29, 0.717) is 31.8 Å². The van der Waals surface area contributed by atoms with Crippen LogP contribution in [0.3, 0.4) is 0 Å². The van der Waals surface area contributed by atoms with Crippen LogP contribution in [-0.2, 0) is 21.4 Å². The molecule has 2 saturated heterocycles. The van der Waals surface area contributed by atoms with E-state index in [-0.39, 0.29) is 30.9 Å². The van der Waals surface area contributed by atoms with E-state index < -0.39 is 10.0 Å². The molecule has 0 aromatic carbocycles. The number of aromatic nitrogens is 2. The number of halogens is 1. The molecule has 1 aromatic rings. The fourth-order valence-electron chi connectivity index (χ4n) is 3.70. The smallest absolute Gasteiger partial charge is 0.244 e. The highest BCUT2D eigenvalue weighted by Gasteiger charge is 2.26. The van der Waals surface area contributed by atoms with Crippen molar-refractivity contribution in [3.05, 3.63) is 18.0 Å². The molecule has 0 aliphatic carbocycles. The Bertz CT molecular complexity index is 694. The molecule has 8 nitrogen and oxygen atoms in total. The molecule has 148 valence electrons. The van der Waals surface area contributed by atoms with Crippen molar-refractivity contribution in [2.24, 2.45) is 0 Å². The van der Waals surface area contributed by atoms with Gasteiger partial charge in [0.05, 0.1) is 6.26 Å². The average Bonchev–Trinajstić information content (AvgIpc) is 3.03. The highest BCUT2D eigenvalue weighted by molar-refractivity contribution is 7.88. The first-order valence-electron chi connectivity index (χ1n) is 8.90. The summed E-state index contributed by atoms with van der Waals surface area (Å²) in [5.74, 6) is 0.459. The average molecular weight is 406 g/mol. The highest BCUT2D eigenvalue weighted by atomic mass is 35.5. The Morgan fingerprint density at radius 2 is 2.08 bits per heavy atom. The summed E-state index contributed by atoms with van der Waals surface area (Å²) in [7, 11) is -3.19. The van der Waals surface area contributed by atoms with Crippen molar-refractivity contribution in [1.82, 2.24) is 24.7 Å². The molecular weight excluding hydrogens is 378 g/mol. The zero-order valence-corrected chi connectivity index (χ0v) is 16.7. The SMILES string of the molecule is CS(=O)(=O)NC1CCN(C(=O)Cn2nccc2C2CCCNC2)CC1.Cl. The van der Waals surface area contributed by atoms with E-state index in [1.807, 2.05) is 15.6 Å². The van der Waals surface area contributed by atoms with Crippen LogP contribution in [0.5, 0.6) is 0 Å². The molecule has 1 aromatic heterocycles. The molecule has 3 rings (SSSR count). The van der Waals surface area contributed by atoms with Gasteiger partial charge in [0.2, 0.25) is 15.9 Å². The first-order valence-corrected chi connectivity index (χ1v) is 10.8. The first kappa shape index (κ1) is 21.1. The molecule has 0 radical (unpaired) electrons. The van der Waals surface area contributed by atoms with Crippen molar-refractivity contribution in [3.63, 3.8) is 0 Å². The maximum atomic E-state index is 12.6. The molecule has 1 amide bonds. The highest BCUT2D eigenvalue weighted by Crippen LogP contribution is 2.23. The molecule has 0 bridgehead atoms. The van der Waals surface area contributed by atoms with Crippen LogP contribution in [0.1, 0.15) is 37.3 Å². The van der Waals surface area contributed by atoms with Crippen molar-refractivity contribution in [2.45, 2.75) is 44.2 Å². The molecule has 0 spiro atoms. The van der Waals surface area contributed by atoms with Gasteiger partial charge in [-0.15, -0.1) is 12.4 Å². The van der Waals surface area contributed by atoms with Crippen LogP contribution in [0.4, 0.5) is 0 Å². The Morgan fingerprint density at radius 3 is 2.69 bits per heavy atom. The van der Waals surface area contributed by atoms with E-state index in [9.17, 15) is 13.2 Å². The molecule has 2 aliphatic rings. The molecule has 2 N–H and O–H groups in total. The fourth-order valence-corrected chi connectivity index (χ4v) is 4.54. The van der Waals surface area contributed by atoms with Crippen molar-refractivity contribution in [1.29, 1.82) is 0 Å². The van der Waals surface area contributed by atoms with E-state index in [4.69, 9.17) is 0 Å². The second kappa shape index (κ2) is 9.16. The standard InChI is InChI=1S/C16H27N5O3S.ClH/c1-25(23,24)19-14-5-9-20(10-6-14)16(22)12-21-15(4-8-18-21)13-3-2-7-17-11-13;/h4,8,13-14,17,19H,2-3,5-7,9-12H2,1H3;1H. The lowest BCUT2D eigenvalue weighted by Crippen LogP contribution is -2.47. The first-order chi connectivity index (χ1) is 11.9. The molecule has 1 atom stereocenters. The van der Waals surface area contributed by atoms with Gasteiger partial charge >= 0.3 is 0 Å². The number of hydrogen-bond donors (Lipinski definition) is 2. The molecule has 0 saturated carbocycles. The predicted octanol–water partition coefficient (Wildman–Crippen LogP) is 0.312. The van der Waals surface area contributed by atoms with Crippen LogP contribution in [-0.4, -0.2) is 67.5 Å². The number of piperidine rings is 2. The molecule has 2 fully saturated rings. The molecule has 10 heteroatoms. The van der Waals surface area contributed by atoms with Crippen molar-refractivity contribution >= 4 is 28.3 Å². The molecular formula is C16H28ClN5O3S. The van der Waals surface area contributed by atoms with Gasteiger partial charge in [-0.1, -0.05) is 0 Å². The van der Waals surface area contributed by atoms with Crippen molar-refractivity contribution in [3.8, 4) is 0 Å². The summed E-state index contributed by atoms with van der Waals surface area (Å²) in [6.45, 7) is 3.40. The minimum Gasteiger partial charge on any atom is -0.341 e. The minimum atomic E-state index is -3.19. The number of nitrogens with one attached hydrogen (secondary N) is 2. The Kier molecular flexibility index (Phi) is 7.45. The fraction of sp³-hybridized carbons (Fsp3) is 0.750. The third-order valence-electron chi connectivity index (χ3n) is 4.98. The van der Waals surface area contributed by atoms with Crippen LogP contribution in [0, 0.1) is 0 Å². The second-order valence-corrected chi connectivity index (χ2v) is 8.78. The van der Waals surface area contributed by atoms with Gasteiger partial charge in [-0.05, 0) is 38.3 Å². The summed E-state index contributed by atoms with van der Waals surface area (Å²) in [4.78, 5) is 14.4. The van der Waals surface area contributed by atoms with E-state index in [1.165, 1.54) is 6.26 Å². The summed E-state index contributed by atoms with van der Waals surface area (Å²) >= 11 is 0. The summed E-state index contributed by atoms with van der Waals surface area (Å²) in [5.41, 5.74) is 1.12. The number of hydrogen-bond acceptors (Lipinski definition) is 5. The van der Waals surface area contributed by atoms with Gasteiger partial charge in [-0.25, -0.2) is 13.1 Å². The second-order valence-electron chi connectivity index (χ2n) is 7.00. The molecule has 3 heterocycles. The van der Waals surface area contributed by atoms with Gasteiger partial charge < -0.3 is 10.2 Å². The Hall–Kier alpha value is -1.16. The Balaban J connectivity index is 0.00000243. The lowest BCUT2D eigenvalue weighted by atomic mass is 9.96. The Morgan fingerprint density at radius 1 is 1.35 bits per heavy atom. The van der Waals surface area contributed by atoms with Crippen molar-refractivity contribution in [2.75, 3.05) is 32.4 Å². The van der Waals surface area contributed by atoms with Gasteiger partial charge in [-0.3, -0.25) is 9.48 Å². The van der Waals surface area contributed by atoms with Crippen LogP contribution >= 0.6 is 12.4 Å². The zero-order valence-electron chi connectivity index (χ0n) is 15.1. The van der Waals surface area contributed by atoms with Gasteiger partial charge in [-0.2, -0.15) is 5.10 Å². The van der Waals surface area contributed by atoms with Gasteiger partial charge in [0.1, 0.15) is 6.54 Å². The molecule has 26 heavy (non-hydrogen) atoms. The van der Waals surface area contributed by atoms with E-state index in [2.05, 4.69) is 15.1 Å². The van der Waals surface area contributed by atoms with E-state index in [0.717, 1.165) is 31.6 Å². The number of rotatable bonds is 5. The molecule has 1 unspecified atom stereocenters. The van der Waals surface area contributed by atoms with Crippen LogP contribution in [0.15, 0.2) is 12.3 Å². The lowest BCUT2D eigenvalue weighted by molar-refractivity contribution is -0.133. The van der Waals surface area contributed by atoms with Crippen molar-refractivity contribution < 1.29 is 13.2 Å². The monoisotopic (exact) mass is 405 g/mol. The number of carbonyl (C=O) groups excluding carboxylic acids is 1. The third kappa shape index (κ3) is 5.67. The third-order valence-corrected chi connectivity index (χ3v) is 5.74. The van der Waals surface area contributed by atoms with Gasteiger partial charge in [0.25, 0.3) is 0 Å². The zero-order chi connectivity index (χ0) is 17.9. The summed E-state index contributed by atoms with van der Waals surface area (Å²) in [6, 6.07) is 1.93. The van der Waals surface area contributed by atoms with Gasteiger partial charge in [0.15, 0.2) is 0 Å². The minimum absolute atomic E-state index is 0. The number of amides is 1. The summed E-state index contributed by atoms with van der Waals surface area (Å²) < 4.78 is 27.1. The van der Waals surface area contributed by atoms with Gasteiger partial charge in [0, 0.05) is 43.5 Å². The number of carbonyl (C=O) groups is 1. The topological polar surface area (TPSA) is 96.3 Å². The largest absolute Gasteiger partial charge is 0.341 e. The van der Waals surface area contributed by atoms with E-state index >= 15 is 0 Å². The summed E-state index contributed by atoms with van der Waals surface area (Å²) in [5, 5.41) is 7.74. The summed E-state index contributed by atoms with van der Waals surface area (Å²) in [6.07, 6.45) is 6.50. The van der Waals surface area contributed by atoms with Crippen LogP contribution in [0.2, 0.25) is 0 Å². The number of sulfonamides is 1. The number of likely N-dealkylation sites (tertiary alicyclic amines) is 1. The quantitative estimate of drug-likeness (QED) is 0.735. The Labute approximate surface area is 161 Å². The normalized spacial score (nSPS) is 22.0. The lowest BCUT2D eigenvalue weighted by Gasteiger charge is -2.32. The van der Waals surface area contributed by atoms with E-state index in [1.54, 1.807) is 6.20 Å². The number of nitrogens with zero attached hydrogens (tertiary/aromatic N) is 3. The van der Waals surface area contributed by atoms with Crippen LogP contribution < -0.4 is 10.0 Å². The van der Waals surface area contributed by atoms with Crippen LogP contribution in [0.25, 0.3) is 0 Å².